The molecule has 0 aliphatic heterocycles. The summed E-state index contributed by atoms with van der Waals surface area (Å²) in [6, 6.07) is 11.3. The lowest BCUT2D eigenvalue weighted by atomic mass is 10.1. The van der Waals surface area contributed by atoms with E-state index in [0.29, 0.717) is 16.8 Å². The van der Waals surface area contributed by atoms with Crippen LogP contribution in [0, 0.1) is 12.3 Å². The van der Waals surface area contributed by atoms with Gasteiger partial charge in [0, 0.05) is 36.1 Å². The van der Waals surface area contributed by atoms with E-state index in [4.69, 9.17) is 11.1 Å². The fraction of sp³-hybridized carbons (Fsp3) is 0.333. The average Bonchev–Trinajstić information content (AvgIpc) is 2.85. The number of amides is 3. The van der Waals surface area contributed by atoms with Gasteiger partial charge < -0.3 is 27.1 Å². The van der Waals surface area contributed by atoms with Crippen LogP contribution in [0.5, 0.6) is 0 Å². The van der Waals surface area contributed by atoms with Gasteiger partial charge in [-0.3, -0.25) is 14.4 Å². The topological polar surface area (TPSA) is 183 Å². The SMILES string of the molecule is Cc1ccc(S(=O)(=O)N[C@@H](CC(=O)NC(C)(C)C)C(=O)NCCNC(=O)c2cccc(C(N)=CC=N)c2)cc1. The lowest BCUT2D eigenvalue weighted by Gasteiger charge is -2.23. The number of carbonyl (C=O) groups excluding carboxylic acids is 3. The maximum atomic E-state index is 12.9. The molecule has 0 saturated heterocycles. The Balaban J connectivity index is 2.05. The molecule has 0 saturated carbocycles. The highest BCUT2D eigenvalue weighted by atomic mass is 32.2. The Morgan fingerprint density at radius 3 is 2.23 bits per heavy atom. The summed E-state index contributed by atoms with van der Waals surface area (Å²) in [6.07, 6.45) is 2.03. The first-order chi connectivity index (χ1) is 18.2. The Morgan fingerprint density at radius 1 is 1.00 bits per heavy atom. The molecule has 2 aromatic carbocycles. The largest absolute Gasteiger partial charge is 0.398 e. The zero-order valence-electron chi connectivity index (χ0n) is 22.5. The van der Waals surface area contributed by atoms with Gasteiger partial charge in [0.1, 0.15) is 6.04 Å². The summed E-state index contributed by atoms with van der Waals surface area (Å²) in [6.45, 7) is 7.17. The Kier molecular flexibility index (Phi) is 10.9. The van der Waals surface area contributed by atoms with Crippen molar-refractivity contribution >= 4 is 39.7 Å². The number of rotatable bonds is 12. The van der Waals surface area contributed by atoms with E-state index in [-0.39, 0.29) is 18.0 Å². The van der Waals surface area contributed by atoms with E-state index in [1.807, 2.05) is 6.92 Å². The first-order valence-corrected chi connectivity index (χ1v) is 13.7. The maximum absolute atomic E-state index is 12.9. The molecular formula is C27H36N6O5S. The molecule has 39 heavy (non-hydrogen) atoms. The molecule has 0 bridgehead atoms. The summed E-state index contributed by atoms with van der Waals surface area (Å²) in [4.78, 5) is 38.0. The standard InChI is InChI=1S/C27H36N6O5S/c1-18-8-10-21(11-9-18)39(37,38)33-23(17-24(34)32-27(2,3)4)26(36)31-15-14-30-25(35)20-7-5-6-19(16-20)22(29)12-13-28/h5-13,16,23,28,33H,14-15,17,29H2,1-4H3,(H,30,35)(H,31,36)(H,32,34)/t23-/m0/s1. The Labute approximate surface area is 229 Å². The van der Waals surface area contributed by atoms with Crippen molar-refractivity contribution in [3.8, 4) is 0 Å². The second kappa shape index (κ2) is 13.7. The van der Waals surface area contributed by atoms with Gasteiger partial charge in [-0.15, -0.1) is 0 Å². The van der Waals surface area contributed by atoms with Gasteiger partial charge in [0.2, 0.25) is 21.8 Å². The summed E-state index contributed by atoms with van der Waals surface area (Å²) >= 11 is 0. The van der Waals surface area contributed by atoms with Gasteiger partial charge in [0.25, 0.3) is 5.91 Å². The van der Waals surface area contributed by atoms with Crippen LogP contribution >= 0.6 is 0 Å². The van der Waals surface area contributed by atoms with E-state index in [0.717, 1.165) is 11.8 Å². The van der Waals surface area contributed by atoms with Crippen molar-refractivity contribution in [3.05, 3.63) is 71.3 Å². The van der Waals surface area contributed by atoms with E-state index in [9.17, 15) is 22.8 Å². The second-order valence-corrected chi connectivity index (χ2v) is 11.6. The third-order valence-corrected chi connectivity index (χ3v) is 6.77. The van der Waals surface area contributed by atoms with Crippen molar-refractivity contribution in [1.29, 1.82) is 5.41 Å². The van der Waals surface area contributed by atoms with Gasteiger partial charge in [0.05, 0.1) is 11.3 Å². The molecule has 7 N–H and O–H groups in total. The molecule has 0 unspecified atom stereocenters. The fourth-order valence-electron chi connectivity index (χ4n) is 3.43. The van der Waals surface area contributed by atoms with Crippen molar-refractivity contribution in [2.24, 2.45) is 5.73 Å². The van der Waals surface area contributed by atoms with Crippen molar-refractivity contribution < 1.29 is 22.8 Å². The van der Waals surface area contributed by atoms with Crippen LogP contribution < -0.4 is 26.4 Å². The summed E-state index contributed by atoms with van der Waals surface area (Å²) in [5.74, 6) is -1.62. The number of hydrogen-bond donors (Lipinski definition) is 6. The molecule has 0 spiro atoms. The summed E-state index contributed by atoms with van der Waals surface area (Å²) < 4.78 is 28.2. The second-order valence-electron chi connectivity index (χ2n) is 9.91. The number of benzene rings is 2. The van der Waals surface area contributed by atoms with Crippen LogP contribution in [0.4, 0.5) is 0 Å². The third kappa shape index (κ3) is 10.3. The molecule has 3 amide bonds. The summed E-state index contributed by atoms with van der Waals surface area (Å²) in [7, 11) is -4.10. The molecule has 1 atom stereocenters. The van der Waals surface area contributed by atoms with Crippen molar-refractivity contribution in [1.82, 2.24) is 20.7 Å². The van der Waals surface area contributed by atoms with E-state index in [1.165, 1.54) is 18.2 Å². The van der Waals surface area contributed by atoms with E-state index in [2.05, 4.69) is 20.7 Å². The molecule has 0 radical (unpaired) electrons. The van der Waals surface area contributed by atoms with Gasteiger partial charge in [0.15, 0.2) is 0 Å². The number of hydrogen-bond acceptors (Lipinski definition) is 7. The van der Waals surface area contributed by atoms with Crippen LogP contribution in [-0.2, 0) is 19.6 Å². The molecule has 0 heterocycles. The molecule has 11 nitrogen and oxygen atoms in total. The van der Waals surface area contributed by atoms with Crippen molar-refractivity contribution in [2.45, 2.75) is 50.6 Å². The highest BCUT2D eigenvalue weighted by Gasteiger charge is 2.29. The molecule has 2 rings (SSSR count). The molecule has 2 aromatic rings. The van der Waals surface area contributed by atoms with Gasteiger partial charge in [-0.25, -0.2) is 8.42 Å². The average molecular weight is 557 g/mol. The summed E-state index contributed by atoms with van der Waals surface area (Å²) in [5, 5.41) is 15.1. The number of sulfonamides is 1. The van der Waals surface area contributed by atoms with Crippen LogP contribution in [0.25, 0.3) is 5.70 Å². The lowest BCUT2D eigenvalue weighted by Crippen LogP contribution is -2.51. The Bertz CT molecular complexity index is 1330. The number of nitrogens with two attached hydrogens (primary N) is 1. The van der Waals surface area contributed by atoms with Gasteiger partial charge in [-0.05, 0) is 63.6 Å². The van der Waals surface area contributed by atoms with Crippen molar-refractivity contribution in [3.63, 3.8) is 0 Å². The minimum Gasteiger partial charge on any atom is -0.398 e. The highest BCUT2D eigenvalue weighted by Crippen LogP contribution is 2.13. The molecule has 210 valence electrons. The van der Waals surface area contributed by atoms with Gasteiger partial charge in [-0.1, -0.05) is 29.8 Å². The minimum atomic E-state index is -4.10. The Hall–Kier alpha value is -4.03. The number of carbonyl (C=O) groups is 3. The number of nitrogens with one attached hydrogen (secondary N) is 5. The predicted octanol–water partition coefficient (Wildman–Crippen LogP) is 1.44. The third-order valence-electron chi connectivity index (χ3n) is 5.28. The van der Waals surface area contributed by atoms with Crippen LogP contribution in [0.2, 0.25) is 0 Å². The molecular weight excluding hydrogens is 520 g/mol. The summed E-state index contributed by atoms with van der Waals surface area (Å²) in [5.41, 5.74) is 7.41. The maximum Gasteiger partial charge on any atom is 0.251 e. The predicted molar refractivity (Wildman–Crippen MR) is 151 cm³/mol. The smallest absolute Gasteiger partial charge is 0.251 e. The quantitative estimate of drug-likeness (QED) is 0.170. The normalized spacial score (nSPS) is 12.8. The first-order valence-electron chi connectivity index (χ1n) is 12.2. The zero-order valence-corrected chi connectivity index (χ0v) is 23.3. The van der Waals surface area contributed by atoms with Crippen LogP contribution in [0.1, 0.15) is 48.7 Å². The monoisotopic (exact) mass is 556 g/mol. The van der Waals surface area contributed by atoms with Gasteiger partial charge in [-0.2, -0.15) is 4.72 Å². The van der Waals surface area contributed by atoms with Crippen LogP contribution in [0.15, 0.2) is 59.5 Å². The van der Waals surface area contributed by atoms with E-state index < -0.39 is 45.7 Å². The fourth-order valence-corrected chi connectivity index (χ4v) is 4.62. The van der Waals surface area contributed by atoms with Crippen LogP contribution in [0.3, 0.4) is 0 Å². The first kappa shape index (κ1) is 31.2. The Morgan fingerprint density at radius 2 is 1.62 bits per heavy atom. The molecule has 0 aromatic heterocycles. The molecule has 0 aliphatic carbocycles. The zero-order chi connectivity index (χ0) is 29.2. The van der Waals surface area contributed by atoms with E-state index >= 15 is 0 Å². The highest BCUT2D eigenvalue weighted by molar-refractivity contribution is 7.89. The van der Waals surface area contributed by atoms with Gasteiger partial charge >= 0.3 is 0 Å². The number of allylic oxidation sites excluding steroid dienone is 1. The van der Waals surface area contributed by atoms with E-state index in [1.54, 1.807) is 57.2 Å². The lowest BCUT2D eigenvalue weighted by molar-refractivity contribution is -0.128. The minimum absolute atomic E-state index is 0.0102. The van der Waals surface area contributed by atoms with Crippen LogP contribution in [-0.4, -0.2) is 57.0 Å². The number of aryl methyl sites for hydroxylation is 1. The molecule has 12 heteroatoms. The molecule has 0 aliphatic rings. The van der Waals surface area contributed by atoms with Crippen molar-refractivity contribution in [2.75, 3.05) is 13.1 Å². The molecule has 0 fully saturated rings.